The zero-order valence-corrected chi connectivity index (χ0v) is 57.9. The molecular weight excluding hydrogens is 1250 g/mol. The summed E-state index contributed by atoms with van der Waals surface area (Å²) in [6.07, 6.45) is 0. The van der Waals surface area contributed by atoms with E-state index < -0.39 is 0 Å². The van der Waals surface area contributed by atoms with Crippen LogP contribution in [0.4, 0.5) is 0 Å². The average Bonchev–Trinajstić information content (AvgIpc) is 1.40. The summed E-state index contributed by atoms with van der Waals surface area (Å²) in [5.74, 6) is 2.93. The Hall–Kier alpha value is -12.9. The van der Waals surface area contributed by atoms with Crippen LogP contribution in [0.15, 0.2) is 267 Å². The number of fused-ring (bicyclic) bond motifs is 12. The smallest absolute Gasteiger partial charge is 0.168 e. The van der Waals surface area contributed by atoms with Gasteiger partial charge in [-0.3, -0.25) is 0 Å². The predicted molar refractivity (Wildman–Crippen MR) is 421 cm³/mol. The van der Waals surface area contributed by atoms with Crippen molar-refractivity contribution < 1.29 is 0 Å². The summed E-state index contributed by atoms with van der Waals surface area (Å²) in [5.41, 5.74) is 25.2. The fourth-order valence-electron chi connectivity index (χ4n) is 15.8. The molecule has 10 heteroatoms. The van der Waals surface area contributed by atoms with Crippen LogP contribution in [0, 0.1) is 55.4 Å². The second kappa shape index (κ2) is 23.4. The summed E-state index contributed by atoms with van der Waals surface area (Å²) in [6, 6.07) is 96.8. The fourth-order valence-corrected chi connectivity index (χ4v) is 15.8. The highest BCUT2D eigenvalue weighted by Gasteiger charge is 2.38. The molecular formula is C92H68N10. The van der Waals surface area contributed by atoms with E-state index in [1.807, 2.05) is 24.3 Å². The summed E-state index contributed by atoms with van der Waals surface area (Å²) in [5, 5.41) is 8.85. The van der Waals surface area contributed by atoms with Crippen molar-refractivity contribution in [3.8, 4) is 91.1 Å². The highest BCUT2D eigenvalue weighted by molar-refractivity contribution is 6.19. The number of aryl methyl sites for hydroxylation is 8. The van der Waals surface area contributed by atoms with Crippen molar-refractivity contribution in [1.29, 1.82) is 0 Å². The molecule has 13 aromatic carbocycles. The molecule has 6 aromatic heterocycles. The van der Waals surface area contributed by atoms with E-state index in [1.165, 1.54) is 0 Å². The lowest BCUT2D eigenvalue weighted by atomic mass is 9.95. The molecule has 0 amide bonds. The molecule has 102 heavy (non-hydrogen) atoms. The largest absolute Gasteiger partial charge is 0.308 e. The van der Waals surface area contributed by atoms with Gasteiger partial charge in [0.1, 0.15) is 0 Å². The van der Waals surface area contributed by atoms with Crippen molar-refractivity contribution in [2.45, 2.75) is 55.4 Å². The van der Waals surface area contributed by atoms with Crippen LogP contribution in [0.1, 0.15) is 44.5 Å². The Balaban J connectivity index is 1.21. The van der Waals surface area contributed by atoms with Crippen LogP contribution in [0.5, 0.6) is 0 Å². The topological polar surface area (TPSA) is 97.1 Å². The van der Waals surface area contributed by atoms with Crippen molar-refractivity contribution in [2.24, 2.45) is 0 Å². The molecule has 10 nitrogen and oxygen atoms in total. The molecule has 19 rings (SSSR count). The van der Waals surface area contributed by atoms with Crippen LogP contribution in [-0.2, 0) is 0 Å². The second-order valence-electron chi connectivity index (χ2n) is 27.7. The van der Waals surface area contributed by atoms with Crippen molar-refractivity contribution in [1.82, 2.24) is 48.2 Å². The van der Waals surface area contributed by atoms with Crippen molar-refractivity contribution in [3.63, 3.8) is 0 Å². The van der Waals surface area contributed by atoms with Gasteiger partial charge in [-0.1, -0.05) is 214 Å². The van der Waals surface area contributed by atoms with Crippen molar-refractivity contribution >= 4 is 87.2 Å². The maximum absolute atomic E-state index is 6.05. The lowest BCUT2D eigenvalue weighted by Gasteiger charge is -2.30. The van der Waals surface area contributed by atoms with Gasteiger partial charge >= 0.3 is 0 Å². The second-order valence-corrected chi connectivity index (χ2v) is 27.7. The number of hydrogen-bond acceptors (Lipinski definition) is 6. The van der Waals surface area contributed by atoms with E-state index in [4.69, 9.17) is 29.9 Å². The van der Waals surface area contributed by atoms with Gasteiger partial charge in [0.15, 0.2) is 34.9 Å². The first-order valence-electron chi connectivity index (χ1n) is 34.9. The zero-order chi connectivity index (χ0) is 68.8. The van der Waals surface area contributed by atoms with Gasteiger partial charge in [-0.2, -0.15) is 0 Å². The molecule has 0 spiro atoms. The highest BCUT2D eigenvalue weighted by Crippen LogP contribution is 2.55. The predicted octanol–water partition coefficient (Wildman–Crippen LogP) is 22.9. The van der Waals surface area contributed by atoms with E-state index in [1.54, 1.807) is 0 Å². The summed E-state index contributed by atoms with van der Waals surface area (Å²) >= 11 is 0. The minimum Gasteiger partial charge on any atom is -0.308 e. The van der Waals surface area contributed by atoms with Gasteiger partial charge in [0.25, 0.3) is 0 Å². The van der Waals surface area contributed by atoms with E-state index >= 15 is 0 Å². The average molecular weight is 1310 g/mol. The number of rotatable bonds is 10. The number of hydrogen-bond donors (Lipinski definition) is 0. The van der Waals surface area contributed by atoms with Gasteiger partial charge in [-0.05, 0) is 152 Å². The zero-order valence-electron chi connectivity index (χ0n) is 57.9. The molecule has 0 saturated carbocycles. The van der Waals surface area contributed by atoms with Gasteiger partial charge in [-0.25, -0.2) is 29.9 Å². The molecule has 19 aromatic rings. The quantitative estimate of drug-likeness (QED) is 0.135. The van der Waals surface area contributed by atoms with E-state index in [0.29, 0.717) is 46.1 Å². The Bertz CT molecular complexity index is 6060. The molecule has 0 aliphatic heterocycles. The van der Waals surface area contributed by atoms with E-state index in [2.05, 4.69) is 316 Å². The summed E-state index contributed by atoms with van der Waals surface area (Å²) < 4.78 is 10.1. The summed E-state index contributed by atoms with van der Waals surface area (Å²) in [4.78, 5) is 35.2. The third-order valence-corrected chi connectivity index (χ3v) is 20.4. The van der Waals surface area contributed by atoms with Crippen LogP contribution in [-0.4, -0.2) is 48.2 Å². The van der Waals surface area contributed by atoms with Crippen molar-refractivity contribution in [2.75, 3.05) is 0 Å². The normalized spacial score (nSPS) is 11.9. The van der Waals surface area contributed by atoms with Gasteiger partial charge in [-0.15, -0.1) is 0 Å². The fraction of sp³-hybridized carbons (Fsp3) is 0.0870. The third-order valence-electron chi connectivity index (χ3n) is 20.4. The molecule has 486 valence electrons. The van der Waals surface area contributed by atoms with Gasteiger partial charge in [0.05, 0.1) is 78.0 Å². The number of aromatic nitrogens is 10. The van der Waals surface area contributed by atoms with E-state index in [0.717, 1.165) is 177 Å². The van der Waals surface area contributed by atoms with E-state index in [9.17, 15) is 0 Å². The maximum atomic E-state index is 6.05. The third kappa shape index (κ3) is 9.61. The van der Waals surface area contributed by atoms with E-state index in [-0.39, 0.29) is 0 Å². The van der Waals surface area contributed by atoms with Crippen LogP contribution < -0.4 is 0 Å². The van der Waals surface area contributed by atoms with Crippen LogP contribution >= 0.6 is 0 Å². The lowest BCUT2D eigenvalue weighted by Crippen LogP contribution is -2.18. The Morgan fingerprint density at radius 3 is 0.559 bits per heavy atom. The Morgan fingerprint density at radius 2 is 0.353 bits per heavy atom. The molecule has 0 aliphatic carbocycles. The highest BCUT2D eigenvalue weighted by atomic mass is 15.2. The van der Waals surface area contributed by atoms with Crippen LogP contribution in [0.3, 0.4) is 0 Å². The molecule has 0 bridgehead atoms. The molecule has 0 atom stereocenters. The SMILES string of the molecule is Cc1ccc2c(c1)c1cc(C)ccc1n2-c1c(-c2nc(-c3ccccc3)nc(-c3ccccc3)n2)c(-n2c3ccc(C)cc3c3cc(C)ccc32)c(-n2c3ccc(C)cc3c3cc(C)ccc32)c(-n2c3ccc(C)cc3c3cc(C)ccc32)c1-c1nc(-c2ccccc2)nc(-c2ccccc2)n1. The monoisotopic (exact) mass is 1310 g/mol. The van der Waals surface area contributed by atoms with Crippen molar-refractivity contribution in [3.05, 3.63) is 311 Å². The molecule has 0 saturated heterocycles. The Kier molecular flexibility index (Phi) is 13.8. The summed E-state index contributed by atoms with van der Waals surface area (Å²) in [7, 11) is 0. The Labute approximate surface area is 589 Å². The molecule has 0 aliphatic rings. The standard InChI is InChI=1S/C92H68N10/c1-53-29-37-73-65(45-53)66-46-54(2)30-38-74(66)99(73)83-81(91-95-87(61-21-13-9-14-22-61)93-88(96-91)62-23-15-10-16-24-62)84(100-75-39-31-55(3)47-67(75)68-48-56(4)32-40-76(68)100)86(102-79-43-35-59(7)51-71(79)72-52-60(8)36-44-80(72)102)85(101-77-41-33-57(5)49-69(77)70-50-58(6)34-42-78(70)101)82(83)92-97-89(63-25-17-11-18-26-63)94-90(98-92)64-27-19-12-20-28-64/h9-52H,1-8H3. The number of nitrogens with zero attached hydrogens (tertiary/aromatic N) is 10. The molecule has 6 heterocycles. The minimum absolute atomic E-state index is 0.437. The van der Waals surface area contributed by atoms with Gasteiger partial charge in [0, 0.05) is 65.3 Å². The molecule has 0 radical (unpaired) electrons. The minimum atomic E-state index is 0.437. The van der Waals surface area contributed by atoms with Gasteiger partial charge < -0.3 is 18.3 Å². The molecule has 0 unspecified atom stereocenters. The first-order chi connectivity index (χ1) is 49.8. The lowest BCUT2D eigenvalue weighted by molar-refractivity contribution is 1.00. The molecule has 0 N–H and O–H groups in total. The van der Waals surface area contributed by atoms with Crippen LogP contribution in [0.25, 0.3) is 178 Å². The first kappa shape index (κ1) is 60.3. The van der Waals surface area contributed by atoms with Crippen LogP contribution in [0.2, 0.25) is 0 Å². The first-order valence-corrected chi connectivity index (χ1v) is 34.9. The molecule has 0 fully saturated rings. The maximum Gasteiger partial charge on any atom is 0.168 e. The van der Waals surface area contributed by atoms with Gasteiger partial charge in [0.2, 0.25) is 0 Å². The Morgan fingerprint density at radius 1 is 0.176 bits per heavy atom. The summed E-state index contributed by atoms with van der Waals surface area (Å²) in [6.45, 7) is 17.6. The number of benzene rings is 13.